The van der Waals surface area contributed by atoms with Crippen molar-refractivity contribution in [2.45, 2.75) is 26.7 Å². The minimum atomic E-state index is 0.836. The average Bonchev–Trinajstić information content (AvgIpc) is 2.08. The number of hydrogen-bond acceptors (Lipinski definition) is 2. The van der Waals surface area contributed by atoms with E-state index in [0.717, 1.165) is 19.4 Å². The van der Waals surface area contributed by atoms with E-state index in [1.807, 2.05) is 26.1 Å². The number of nitriles is 1. The van der Waals surface area contributed by atoms with Gasteiger partial charge in [-0.2, -0.15) is 5.26 Å². The van der Waals surface area contributed by atoms with E-state index in [9.17, 15) is 0 Å². The van der Waals surface area contributed by atoms with Gasteiger partial charge in [0.2, 0.25) is 0 Å². The Kier molecular flexibility index (Phi) is 13.6. The summed E-state index contributed by atoms with van der Waals surface area (Å²) in [5.74, 6) is 0. The van der Waals surface area contributed by atoms with Crippen LogP contribution in [0.3, 0.4) is 0 Å². The van der Waals surface area contributed by atoms with Crippen LogP contribution >= 0.6 is 0 Å². The highest BCUT2D eigenvalue weighted by Gasteiger charge is 1.88. The molecule has 11 heavy (non-hydrogen) atoms. The molecular weight excluding hydrogens is 136 g/mol. The van der Waals surface area contributed by atoms with Gasteiger partial charge in [0.15, 0.2) is 6.19 Å². The summed E-state index contributed by atoms with van der Waals surface area (Å²) in [6.07, 6.45) is 5.90. The number of nitrogens with zero attached hydrogens (tertiary/aromatic N) is 2. The van der Waals surface area contributed by atoms with E-state index >= 15 is 0 Å². The predicted octanol–water partition coefficient (Wildman–Crippen LogP) is 2.39. The Morgan fingerprint density at radius 3 is 2.45 bits per heavy atom. The van der Waals surface area contributed by atoms with E-state index in [1.54, 1.807) is 11.9 Å². The van der Waals surface area contributed by atoms with E-state index in [4.69, 9.17) is 5.26 Å². The molecule has 64 valence electrons. The van der Waals surface area contributed by atoms with Gasteiger partial charge in [-0.15, -0.1) is 6.58 Å². The fraction of sp³-hybridized carbons (Fsp3) is 0.667. The Morgan fingerprint density at radius 2 is 2.09 bits per heavy atom. The van der Waals surface area contributed by atoms with Crippen molar-refractivity contribution < 1.29 is 0 Å². The third-order valence-electron chi connectivity index (χ3n) is 1.07. The van der Waals surface area contributed by atoms with Crippen LogP contribution in [-0.2, 0) is 0 Å². The number of rotatable bonds is 4. The molecule has 0 saturated heterocycles. The fourth-order valence-corrected chi connectivity index (χ4v) is 0.523. The molecule has 0 aromatic carbocycles. The molecule has 0 heterocycles. The molecular formula is C9H18N2. The van der Waals surface area contributed by atoms with Crippen LogP contribution in [-0.4, -0.2) is 18.5 Å². The minimum absolute atomic E-state index is 0.836. The van der Waals surface area contributed by atoms with E-state index in [2.05, 4.69) is 6.58 Å². The van der Waals surface area contributed by atoms with Crippen LogP contribution in [0.4, 0.5) is 0 Å². The summed E-state index contributed by atoms with van der Waals surface area (Å²) in [5.41, 5.74) is 0. The highest BCUT2D eigenvalue weighted by atomic mass is 15.1. The lowest BCUT2D eigenvalue weighted by atomic mass is 10.3. The van der Waals surface area contributed by atoms with Crippen LogP contribution in [0.2, 0.25) is 0 Å². The second kappa shape index (κ2) is 11.8. The van der Waals surface area contributed by atoms with E-state index < -0.39 is 0 Å². The van der Waals surface area contributed by atoms with Gasteiger partial charge in [-0.1, -0.05) is 19.9 Å². The quantitative estimate of drug-likeness (QED) is 0.269. The van der Waals surface area contributed by atoms with Crippen LogP contribution in [0.15, 0.2) is 12.7 Å². The second-order valence-electron chi connectivity index (χ2n) is 1.95. The van der Waals surface area contributed by atoms with Gasteiger partial charge in [-0.05, 0) is 12.8 Å². The molecule has 0 aliphatic carbocycles. The largest absolute Gasteiger partial charge is 0.314 e. The average molecular weight is 154 g/mol. The van der Waals surface area contributed by atoms with Gasteiger partial charge in [0.05, 0.1) is 0 Å². The van der Waals surface area contributed by atoms with E-state index in [-0.39, 0.29) is 0 Å². The number of hydrogen-bond donors (Lipinski definition) is 0. The topological polar surface area (TPSA) is 27.0 Å². The summed E-state index contributed by atoms with van der Waals surface area (Å²) >= 11 is 0. The van der Waals surface area contributed by atoms with Crippen molar-refractivity contribution in [2.75, 3.05) is 13.6 Å². The third-order valence-corrected chi connectivity index (χ3v) is 1.07. The Balaban J connectivity index is 0. The monoisotopic (exact) mass is 154 g/mol. The highest BCUT2D eigenvalue weighted by Crippen LogP contribution is 1.90. The molecule has 0 aromatic rings. The smallest absolute Gasteiger partial charge is 0.179 e. The van der Waals surface area contributed by atoms with Gasteiger partial charge in [-0.3, -0.25) is 0 Å². The zero-order chi connectivity index (χ0) is 9.11. The molecule has 0 aliphatic heterocycles. The SMILES string of the molecule is C=CCCCN(C)C#N.CC. The standard InChI is InChI=1S/C7H12N2.C2H6/c1-3-4-5-6-9(2)7-8;1-2/h3H,1,4-6H2,2H3;1-2H3. The van der Waals surface area contributed by atoms with Gasteiger partial charge < -0.3 is 4.90 Å². The Bertz CT molecular complexity index is 113. The number of unbranched alkanes of at least 4 members (excludes halogenated alkanes) is 1. The molecule has 0 rings (SSSR count). The predicted molar refractivity (Wildman–Crippen MR) is 49.0 cm³/mol. The first-order chi connectivity index (χ1) is 5.31. The summed E-state index contributed by atoms with van der Waals surface area (Å²) in [7, 11) is 1.78. The maximum atomic E-state index is 8.28. The van der Waals surface area contributed by atoms with E-state index in [1.165, 1.54) is 0 Å². The first-order valence-corrected chi connectivity index (χ1v) is 4.03. The minimum Gasteiger partial charge on any atom is -0.314 e. The van der Waals surface area contributed by atoms with Crippen LogP contribution in [0.5, 0.6) is 0 Å². The van der Waals surface area contributed by atoms with Gasteiger partial charge in [-0.25, -0.2) is 0 Å². The summed E-state index contributed by atoms with van der Waals surface area (Å²) in [5, 5.41) is 8.28. The first kappa shape index (κ1) is 12.7. The van der Waals surface area contributed by atoms with Gasteiger partial charge >= 0.3 is 0 Å². The Labute approximate surface area is 70.1 Å². The molecule has 0 bridgehead atoms. The lowest BCUT2D eigenvalue weighted by Gasteiger charge is -2.05. The van der Waals surface area contributed by atoms with Crippen molar-refractivity contribution in [1.82, 2.24) is 4.90 Å². The van der Waals surface area contributed by atoms with Crippen LogP contribution < -0.4 is 0 Å². The highest BCUT2D eigenvalue weighted by molar-refractivity contribution is 4.71. The van der Waals surface area contributed by atoms with Crippen molar-refractivity contribution in [3.05, 3.63) is 12.7 Å². The van der Waals surface area contributed by atoms with Crippen molar-refractivity contribution in [3.8, 4) is 6.19 Å². The zero-order valence-corrected chi connectivity index (χ0v) is 7.80. The molecule has 0 amide bonds. The van der Waals surface area contributed by atoms with Gasteiger partial charge in [0.25, 0.3) is 0 Å². The number of allylic oxidation sites excluding steroid dienone is 1. The summed E-state index contributed by atoms with van der Waals surface area (Å²) in [4.78, 5) is 1.61. The lowest BCUT2D eigenvalue weighted by molar-refractivity contribution is 0.463. The molecule has 0 spiro atoms. The molecule has 2 heteroatoms. The van der Waals surface area contributed by atoms with Crippen LogP contribution in [0.1, 0.15) is 26.7 Å². The second-order valence-corrected chi connectivity index (χ2v) is 1.95. The maximum Gasteiger partial charge on any atom is 0.179 e. The van der Waals surface area contributed by atoms with Crippen molar-refractivity contribution in [2.24, 2.45) is 0 Å². The Hall–Kier alpha value is -0.970. The fourth-order valence-electron chi connectivity index (χ4n) is 0.523. The van der Waals surface area contributed by atoms with Crippen LogP contribution in [0, 0.1) is 11.5 Å². The molecule has 0 aliphatic rings. The molecule has 0 fully saturated rings. The zero-order valence-electron chi connectivity index (χ0n) is 7.80. The lowest BCUT2D eigenvalue weighted by Crippen LogP contribution is -2.11. The normalized spacial score (nSPS) is 7.09. The molecule has 0 atom stereocenters. The third kappa shape index (κ3) is 12.3. The molecule has 0 unspecified atom stereocenters. The maximum absolute atomic E-state index is 8.28. The summed E-state index contributed by atoms with van der Waals surface area (Å²) < 4.78 is 0. The first-order valence-electron chi connectivity index (χ1n) is 4.03. The molecule has 0 aromatic heterocycles. The Morgan fingerprint density at radius 1 is 1.55 bits per heavy atom. The van der Waals surface area contributed by atoms with Crippen LogP contribution in [0.25, 0.3) is 0 Å². The summed E-state index contributed by atoms with van der Waals surface area (Å²) in [6.45, 7) is 8.42. The van der Waals surface area contributed by atoms with E-state index in [0.29, 0.717) is 0 Å². The summed E-state index contributed by atoms with van der Waals surface area (Å²) in [6, 6.07) is 0. The molecule has 2 nitrogen and oxygen atoms in total. The van der Waals surface area contributed by atoms with Crippen molar-refractivity contribution >= 4 is 0 Å². The van der Waals surface area contributed by atoms with Crippen molar-refractivity contribution in [3.63, 3.8) is 0 Å². The molecule has 0 N–H and O–H groups in total. The van der Waals surface area contributed by atoms with Gasteiger partial charge in [0.1, 0.15) is 0 Å². The molecule has 0 saturated carbocycles. The van der Waals surface area contributed by atoms with Gasteiger partial charge in [0, 0.05) is 13.6 Å². The van der Waals surface area contributed by atoms with Crippen molar-refractivity contribution in [1.29, 1.82) is 5.26 Å². The molecule has 0 radical (unpaired) electrons.